The fourth-order valence-corrected chi connectivity index (χ4v) is 4.48. The van der Waals surface area contributed by atoms with Gasteiger partial charge in [-0.25, -0.2) is 0 Å². The Morgan fingerprint density at radius 2 is 1.47 bits per heavy atom. The van der Waals surface area contributed by atoms with Crippen LogP contribution in [0.15, 0.2) is 48.5 Å². The quantitative estimate of drug-likeness (QED) is 0.763. The first-order valence-electron chi connectivity index (χ1n) is 10.8. The monoisotopic (exact) mass is 425 g/mol. The van der Waals surface area contributed by atoms with Crippen molar-refractivity contribution in [3.63, 3.8) is 0 Å². The van der Waals surface area contributed by atoms with Gasteiger partial charge in [-0.1, -0.05) is 30.9 Å². The van der Waals surface area contributed by atoms with Gasteiger partial charge in [-0.2, -0.15) is 0 Å². The third-order valence-corrected chi connectivity index (χ3v) is 6.39. The molecule has 30 heavy (non-hydrogen) atoms. The number of nitrogens with zero attached hydrogens (tertiary/aromatic N) is 2. The first-order valence-corrected chi connectivity index (χ1v) is 11.2. The van der Waals surface area contributed by atoms with Crippen molar-refractivity contribution in [2.45, 2.75) is 32.1 Å². The molecule has 1 saturated heterocycles. The number of halogens is 1. The van der Waals surface area contributed by atoms with Crippen molar-refractivity contribution in [2.75, 3.05) is 36.4 Å². The summed E-state index contributed by atoms with van der Waals surface area (Å²) in [6, 6.07) is 14.7. The summed E-state index contributed by atoms with van der Waals surface area (Å²) in [6.07, 6.45) is 5.77. The van der Waals surface area contributed by atoms with E-state index in [1.54, 1.807) is 24.3 Å². The number of hydrogen-bond acceptors (Lipinski definition) is 3. The molecule has 1 N–H and O–H groups in total. The molecule has 0 radical (unpaired) electrons. The first kappa shape index (κ1) is 20.7. The number of amides is 2. The van der Waals surface area contributed by atoms with Gasteiger partial charge in [0.15, 0.2) is 0 Å². The summed E-state index contributed by atoms with van der Waals surface area (Å²) in [4.78, 5) is 29.4. The molecule has 2 fully saturated rings. The minimum Gasteiger partial charge on any atom is -0.368 e. The fourth-order valence-electron chi connectivity index (χ4n) is 4.35. The number of piperazine rings is 1. The number of anilines is 2. The lowest BCUT2D eigenvalue weighted by atomic mass is 9.88. The Bertz CT molecular complexity index is 868. The maximum atomic E-state index is 12.7. The Balaban J connectivity index is 1.30. The fraction of sp³-hybridized carbons (Fsp3) is 0.417. The van der Waals surface area contributed by atoms with Crippen LogP contribution in [0.25, 0.3) is 0 Å². The molecule has 1 aliphatic carbocycles. The van der Waals surface area contributed by atoms with Crippen molar-refractivity contribution in [1.29, 1.82) is 0 Å². The van der Waals surface area contributed by atoms with Crippen LogP contribution in [0.4, 0.5) is 11.4 Å². The highest BCUT2D eigenvalue weighted by molar-refractivity contribution is 6.30. The van der Waals surface area contributed by atoms with Crippen molar-refractivity contribution >= 4 is 34.8 Å². The highest BCUT2D eigenvalue weighted by Gasteiger charge is 2.28. The van der Waals surface area contributed by atoms with Crippen LogP contribution in [-0.2, 0) is 4.79 Å². The molecule has 2 aliphatic rings. The van der Waals surface area contributed by atoms with Crippen LogP contribution in [0.2, 0.25) is 5.02 Å². The van der Waals surface area contributed by atoms with Gasteiger partial charge >= 0.3 is 0 Å². The topological polar surface area (TPSA) is 52.7 Å². The van der Waals surface area contributed by atoms with Gasteiger partial charge in [-0.05, 0) is 61.4 Å². The van der Waals surface area contributed by atoms with Crippen molar-refractivity contribution in [3.8, 4) is 0 Å². The summed E-state index contributed by atoms with van der Waals surface area (Å²) in [5.41, 5.74) is 2.44. The molecule has 0 bridgehead atoms. The lowest BCUT2D eigenvalue weighted by molar-refractivity contribution is -0.136. The molecule has 1 saturated carbocycles. The Hall–Kier alpha value is -2.53. The largest absolute Gasteiger partial charge is 0.368 e. The summed E-state index contributed by atoms with van der Waals surface area (Å²) in [6.45, 7) is 3.25. The van der Waals surface area contributed by atoms with Gasteiger partial charge in [0.2, 0.25) is 5.91 Å². The van der Waals surface area contributed by atoms with E-state index in [1.165, 1.54) is 19.3 Å². The van der Waals surface area contributed by atoms with E-state index in [-0.39, 0.29) is 11.8 Å². The molecule has 1 aliphatic heterocycles. The second-order valence-corrected chi connectivity index (χ2v) is 8.59. The van der Waals surface area contributed by atoms with Gasteiger partial charge in [0.25, 0.3) is 5.91 Å². The smallest absolute Gasteiger partial charge is 0.255 e. The lowest BCUT2D eigenvalue weighted by Crippen LogP contribution is -2.50. The number of carbonyl (C=O) groups excluding carboxylic acids is 2. The molecular weight excluding hydrogens is 398 g/mol. The average Bonchev–Trinajstić information content (AvgIpc) is 2.80. The van der Waals surface area contributed by atoms with Crippen LogP contribution in [0.1, 0.15) is 42.5 Å². The molecular formula is C24H28ClN3O2. The Morgan fingerprint density at radius 1 is 0.833 bits per heavy atom. The van der Waals surface area contributed by atoms with Gasteiger partial charge in [-0.3, -0.25) is 9.59 Å². The minimum atomic E-state index is -0.158. The molecule has 5 nitrogen and oxygen atoms in total. The van der Waals surface area contributed by atoms with Crippen LogP contribution in [0, 0.1) is 5.92 Å². The highest BCUT2D eigenvalue weighted by Crippen LogP contribution is 2.27. The van der Waals surface area contributed by atoms with Crippen LogP contribution < -0.4 is 10.2 Å². The molecule has 0 spiro atoms. The van der Waals surface area contributed by atoms with E-state index in [4.69, 9.17) is 11.6 Å². The summed E-state index contributed by atoms with van der Waals surface area (Å²) in [5.74, 6) is 0.442. The molecule has 4 rings (SSSR count). The maximum absolute atomic E-state index is 12.7. The molecule has 6 heteroatoms. The van der Waals surface area contributed by atoms with Crippen LogP contribution >= 0.6 is 11.6 Å². The van der Waals surface area contributed by atoms with Gasteiger partial charge in [0.05, 0.1) is 0 Å². The third-order valence-electron chi connectivity index (χ3n) is 6.14. The molecule has 1 heterocycles. The molecule has 2 aromatic carbocycles. The second kappa shape index (κ2) is 9.52. The second-order valence-electron chi connectivity index (χ2n) is 8.16. The van der Waals surface area contributed by atoms with Gasteiger partial charge in [0.1, 0.15) is 0 Å². The van der Waals surface area contributed by atoms with E-state index < -0.39 is 0 Å². The number of hydrogen-bond donors (Lipinski definition) is 1. The predicted molar refractivity (Wildman–Crippen MR) is 121 cm³/mol. The third kappa shape index (κ3) is 4.96. The zero-order valence-electron chi connectivity index (χ0n) is 17.1. The van der Waals surface area contributed by atoms with Crippen LogP contribution in [0.5, 0.6) is 0 Å². The van der Waals surface area contributed by atoms with E-state index >= 15 is 0 Å². The molecule has 0 aromatic heterocycles. The zero-order valence-corrected chi connectivity index (χ0v) is 17.9. The molecule has 0 unspecified atom stereocenters. The number of benzene rings is 2. The number of nitrogens with one attached hydrogen (secondary N) is 1. The van der Waals surface area contributed by atoms with Gasteiger partial charge < -0.3 is 15.1 Å². The zero-order chi connectivity index (χ0) is 20.9. The van der Waals surface area contributed by atoms with Crippen molar-refractivity contribution < 1.29 is 9.59 Å². The van der Waals surface area contributed by atoms with E-state index in [9.17, 15) is 9.59 Å². The maximum Gasteiger partial charge on any atom is 0.255 e. The van der Waals surface area contributed by atoms with Crippen LogP contribution in [-0.4, -0.2) is 42.9 Å². The number of rotatable bonds is 4. The Labute approximate surface area is 183 Å². The summed E-state index contributed by atoms with van der Waals surface area (Å²) >= 11 is 5.88. The molecule has 158 valence electrons. The minimum absolute atomic E-state index is 0.158. The SMILES string of the molecule is O=C(Nc1ccc(N2CCN(C(=O)C3CCCCC3)CC2)cc1)c1ccc(Cl)cc1. The summed E-state index contributed by atoms with van der Waals surface area (Å²) in [7, 11) is 0. The van der Waals surface area contributed by atoms with Crippen molar-refractivity contribution in [1.82, 2.24) is 4.90 Å². The highest BCUT2D eigenvalue weighted by atomic mass is 35.5. The molecule has 2 aromatic rings. The summed E-state index contributed by atoms with van der Waals surface area (Å²) < 4.78 is 0. The van der Waals surface area contributed by atoms with Crippen LogP contribution in [0.3, 0.4) is 0 Å². The van der Waals surface area contributed by atoms with Gasteiger partial charge in [-0.15, -0.1) is 0 Å². The van der Waals surface area contributed by atoms with E-state index in [0.29, 0.717) is 16.5 Å². The van der Waals surface area contributed by atoms with Crippen molar-refractivity contribution in [2.24, 2.45) is 5.92 Å². The van der Waals surface area contributed by atoms with E-state index in [2.05, 4.69) is 10.2 Å². The standard InChI is InChI=1S/C24H28ClN3O2/c25-20-8-6-18(7-9-20)23(29)26-21-10-12-22(13-11-21)27-14-16-28(17-15-27)24(30)19-4-2-1-3-5-19/h6-13,19H,1-5,14-17H2,(H,26,29). The first-order chi connectivity index (χ1) is 14.6. The number of carbonyl (C=O) groups is 2. The molecule has 2 amide bonds. The normalized spacial score (nSPS) is 17.6. The Kier molecular flexibility index (Phi) is 6.58. The Morgan fingerprint density at radius 3 is 2.10 bits per heavy atom. The van der Waals surface area contributed by atoms with Crippen molar-refractivity contribution in [3.05, 3.63) is 59.1 Å². The van der Waals surface area contributed by atoms with E-state index in [1.807, 2.05) is 29.2 Å². The van der Waals surface area contributed by atoms with Gasteiger partial charge in [0, 0.05) is 54.1 Å². The molecule has 0 atom stereocenters. The summed E-state index contributed by atoms with van der Waals surface area (Å²) in [5, 5.41) is 3.52. The van der Waals surface area contributed by atoms with E-state index in [0.717, 1.165) is 50.4 Å². The average molecular weight is 426 g/mol. The lowest BCUT2D eigenvalue weighted by Gasteiger charge is -2.38. The predicted octanol–water partition coefficient (Wildman–Crippen LogP) is 4.82.